The van der Waals surface area contributed by atoms with E-state index in [2.05, 4.69) is 12.2 Å². The van der Waals surface area contributed by atoms with Crippen LogP contribution in [0.25, 0.3) is 0 Å². The number of piperidine rings is 1. The molecule has 1 aliphatic carbocycles. The maximum Gasteiger partial charge on any atom is 0.243 e. The summed E-state index contributed by atoms with van der Waals surface area (Å²) >= 11 is 5.84. The minimum Gasteiger partial charge on any atom is -0.353 e. The number of sulfonamides is 1. The molecule has 0 aromatic heterocycles. The molecule has 1 saturated heterocycles. The van der Waals surface area contributed by atoms with Crippen LogP contribution in [-0.2, 0) is 14.8 Å². The Kier molecular flexibility index (Phi) is 6.25. The van der Waals surface area contributed by atoms with Crippen LogP contribution in [0, 0.1) is 11.8 Å². The number of hydrogen-bond donors (Lipinski definition) is 1. The van der Waals surface area contributed by atoms with E-state index in [4.69, 9.17) is 11.6 Å². The summed E-state index contributed by atoms with van der Waals surface area (Å²) in [4.78, 5) is 12.8. The molecule has 1 aliphatic heterocycles. The fraction of sp³-hybridized carbons (Fsp3) is 0.632. The Bertz CT molecular complexity index is 728. The van der Waals surface area contributed by atoms with E-state index in [1.807, 2.05) is 0 Å². The summed E-state index contributed by atoms with van der Waals surface area (Å²) in [5, 5.41) is 3.72. The van der Waals surface area contributed by atoms with Gasteiger partial charge in [0.15, 0.2) is 0 Å². The third kappa shape index (κ3) is 4.41. The van der Waals surface area contributed by atoms with Crippen LogP contribution in [0.1, 0.15) is 45.4 Å². The normalized spacial score (nSPS) is 25.8. The second-order valence-electron chi connectivity index (χ2n) is 7.51. The molecular formula is C19H27ClN2O3S. The fourth-order valence-corrected chi connectivity index (χ4v) is 5.54. The average molecular weight is 399 g/mol. The highest BCUT2D eigenvalue weighted by Crippen LogP contribution is 2.27. The number of rotatable bonds is 4. The summed E-state index contributed by atoms with van der Waals surface area (Å²) < 4.78 is 26.9. The first kappa shape index (κ1) is 19.6. The zero-order chi connectivity index (χ0) is 18.7. The quantitative estimate of drug-likeness (QED) is 0.844. The van der Waals surface area contributed by atoms with E-state index in [0.717, 1.165) is 6.42 Å². The number of nitrogens with zero attached hydrogens (tertiary/aromatic N) is 1. The van der Waals surface area contributed by atoms with Crippen LogP contribution in [0.2, 0.25) is 5.02 Å². The zero-order valence-electron chi connectivity index (χ0n) is 15.2. The molecule has 26 heavy (non-hydrogen) atoms. The topological polar surface area (TPSA) is 66.5 Å². The van der Waals surface area contributed by atoms with Gasteiger partial charge in [-0.25, -0.2) is 8.42 Å². The first-order valence-electron chi connectivity index (χ1n) is 9.44. The van der Waals surface area contributed by atoms with E-state index in [1.165, 1.54) is 35.7 Å². The molecule has 0 unspecified atom stereocenters. The highest BCUT2D eigenvalue weighted by molar-refractivity contribution is 7.89. The number of amides is 1. The van der Waals surface area contributed by atoms with Gasteiger partial charge >= 0.3 is 0 Å². The Hall–Kier alpha value is -1.11. The second-order valence-corrected chi connectivity index (χ2v) is 9.88. The van der Waals surface area contributed by atoms with Crippen LogP contribution in [0.4, 0.5) is 0 Å². The highest BCUT2D eigenvalue weighted by Gasteiger charge is 2.33. The molecule has 1 aromatic rings. The molecule has 2 fully saturated rings. The van der Waals surface area contributed by atoms with Gasteiger partial charge in [-0.05, 0) is 55.9 Å². The van der Waals surface area contributed by atoms with Crippen molar-refractivity contribution < 1.29 is 13.2 Å². The van der Waals surface area contributed by atoms with E-state index in [1.54, 1.807) is 12.1 Å². The SMILES string of the molecule is C[C@@H]1CCCC[C@H]1NC(=O)C1CCN(S(=O)(=O)c2ccc(Cl)cc2)CC1. The fourth-order valence-electron chi connectivity index (χ4n) is 3.95. The van der Waals surface area contributed by atoms with Gasteiger partial charge in [0.1, 0.15) is 0 Å². The van der Waals surface area contributed by atoms with Crippen molar-refractivity contribution in [3.8, 4) is 0 Å². The molecule has 1 aromatic carbocycles. The van der Waals surface area contributed by atoms with E-state index in [9.17, 15) is 13.2 Å². The van der Waals surface area contributed by atoms with E-state index < -0.39 is 10.0 Å². The van der Waals surface area contributed by atoms with Crippen molar-refractivity contribution >= 4 is 27.5 Å². The van der Waals surface area contributed by atoms with Crippen LogP contribution in [0.15, 0.2) is 29.2 Å². The summed E-state index contributed by atoms with van der Waals surface area (Å²) in [6, 6.07) is 6.49. The molecule has 1 saturated carbocycles. The number of hydrogen-bond acceptors (Lipinski definition) is 3. The summed E-state index contributed by atoms with van der Waals surface area (Å²) in [5.74, 6) is 0.520. The minimum absolute atomic E-state index is 0.0901. The molecule has 2 atom stereocenters. The molecule has 0 bridgehead atoms. The van der Waals surface area contributed by atoms with Gasteiger partial charge in [0, 0.05) is 30.1 Å². The maximum atomic E-state index is 12.7. The molecule has 1 heterocycles. The zero-order valence-corrected chi connectivity index (χ0v) is 16.7. The molecular weight excluding hydrogens is 372 g/mol. The molecule has 1 N–H and O–H groups in total. The van der Waals surface area contributed by atoms with Crippen LogP contribution in [-0.4, -0.2) is 37.8 Å². The molecule has 1 amide bonds. The molecule has 5 nitrogen and oxygen atoms in total. The smallest absolute Gasteiger partial charge is 0.243 e. The predicted octanol–water partition coefficient (Wildman–Crippen LogP) is 3.44. The molecule has 7 heteroatoms. The lowest BCUT2D eigenvalue weighted by Gasteiger charge is -2.34. The summed E-state index contributed by atoms with van der Waals surface area (Å²) in [6.07, 6.45) is 5.78. The van der Waals surface area contributed by atoms with Crippen molar-refractivity contribution in [1.29, 1.82) is 0 Å². The highest BCUT2D eigenvalue weighted by atomic mass is 35.5. The molecule has 144 valence electrons. The second kappa shape index (κ2) is 8.28. The first-order valence-corrected chi connectivity index (χ1v) is 11.3. The Morgan fingerprint density at radius 1 is 1.08 bits per heavy atom. The maximum absolute atomic E-state index is 12.7. The molecule has 0 radical (unpaired) electrons. The monoisotopic (exact) mass is 398 g/mol. The van der Waals surface area contributed by atoms with Crippen molar-refractivity contribution in [2.45, 2.75) is 56.4 Å². The molecule has 3 rings (SSSR count). The lowest BCUT2D eigenvalue weighted by atomic mass is 9.85. The number of carbonyl (C=O) groups excluding carboxylic acids is 1. The van der Waals surface area contributed by atoms with Crippen molar-refractivity contribution in [1.82, 2.24) is 9.62 Å². The van der Waals surface area contributed by atoms with Crippen molar-refractivity contribution in [2.75, 3.05) is 13.1 Å². The Morgan fingerprint density at radius 2 is 1.69 bits per heavy atom. The minimum atomic E-state index is -3.52. The number of halogens is 1. The van der Waals surface area contributed by atoms with Crippen LogP contribution in [0.5, 0.6) is 0 Å². The Labute approximate surface area is 161 Å². The van der Waals surface area contributed by atoms with E-state index >= 15 is 0 Å². The average Bonchev–Trinajstić information content (AvgIpc) is 2.64. The summed E-state index contributed by atoms with van der Waals surface area (Å²) in [5.41, 5.74) is 0. The van der Waals surface area contributed by atoms with Crippen molar-refractivity contribution in [2.24, 2.45) is 11.8 Å². The standard InChI is InChI=1S/C19H27ClN2O3S/c1-14-4-2-3-5-18(14)21-19(23)15-10-12-22(13-11-15)26(24,25)17-8-6-16(20)7-9-17/h6-9,14-15,18H,2-5,10-13H2,1H3,(H,21,23)/t14-,18-/m1/s1. The lowest BCUT2D eigenvalue weighted by Crippen LogP contribution is -2.47. The Balaban J connectivity index is 1.56. The number of carbonyl (C=O) groups is 1. The summed E-state index contributed by atoms with van der Waals surface area (Å²) in [6.45, 7) is 2.96. The first-order chi connectivity index (χ1) is 12.4. The van der Waals surface area contributed by atoms with Crippen LogP contribution >= 0.6 is 11.6 Å². The van der Waals surface area contributed by atoms with Gasteiger partial charge in [0.2, 0.25) is 15.9 Å². The third-order valence-corrected chi connectivity index (χ3v) is 7.88. The largest absolute Gasteiger partial charge is 0.353 e. The number of nitrogens with one attached hydrogen (secondary N) is 1. The molecule has 2 aliphatic rings. The van der Waals surface area contributed by atoms with E-state index in [0.29, 0.717) is 36.9 Å². The van der Waals surface area contributed by atoms with Gasteiger partial charge < -0.3 is 5.32 Å². The molecule has 0 spiro atoms. The van der Waals surface area contributed by atoms with Gasteiger partial charge in [0.25, 0.3) is 0 Å². The summed E-state index contributed by atoms with van der Waals surface area (Å²) in [7, 11) is -3.52. The lowest BCUT2D eigenvalue weighted by molar-refractivity contribution is -0.127. The van der Waals surface area contributed by atoms with Gasteiger partial charge in [-0.2, -0.15) is 4.31 Å². The van der Waals surface area contributed by atoms with E-state index in [-0.39, 0.29) is 22.8 Å². The van der Waals surface area contributed by atoms with Crippen LogP contribution in [0.3, 0.4) is 0 Å². The third-order valence-electron chi connectivity index (χ3n) is 5.72. The van der Waals surface area contributed by atoms with Crippen molar-refractivity contribution in [3.63, 3.8) is 0 Å². The van der Waals surface area contributed by atoms with Crippen LogP contribution < -0.4 is 5.32 Å². The van der Waals surface area contributed by atoms with Gasteiger partial charge in [-0.1, -0.05) is 31.4 Å². The van der Waals surface area contributed by atoms with Gasteiger partial charge in [-0.3, -0.25) is 4.79 Å². The number of benzene rings is 1. The van der Waals surface area contributed by atoms with Gasteiger partial charge in [-0.15, -0.1) is 0 Å². The van der Waals surface area contributed by atoms with Gasteiger partial charge in [0.05, 0.1) is 4.90 Å². The Morgan fingerprint density at radius 3 is 2.31 bits per heavy atom. The van der Waals surface area contributed by atoms with Crippen molar-refractivity contribution in [3.05, 3.63) is 29.3 Å². The predicted molar refractivity (Wildman–Crippen MR) is 102 cm³/mol.